The maximum atomic E-state index is 12.4. The molecule has 0 aliphatic heterocycles. The summed E-state index contributed by atoms with van der Waals surface area (Å²) in [5, 5.41) is 19.9. The number of anilines is 1. The largest absolute Gasteiger partial charge is 0.508 e. The number of hydrogen-bond acceptors (Lipinski definition) is 6. The van der Waals surface area contributed by atoms with E-state index in [9.17, 15) is 28.4 Å². The lowest BCUT2D eigenvalue weighted by Gasteiger charge is -2.08. The average molecular weight is 424 g/mol. The molecule has 0 saturated carbocycles. The highest BCUT2D eigenvalue weighted by Gasteiger charge is 2.16. The third kappa shape index (κ3) is 5.09. The van der Waals surface area contributed by atoms with Crippen LogP contribution in [0.3, 0.4) is 0 Å². The van der Waals surface area contributed by atoms with Gasteiger partial charge in [-0.2, -0.15) is 0 Å². The van der Waals surface area contributed by atoms with Crippen LogP contribution in [-0.2, 0) is 10.0 Å². The summed E-state index contributed by atoms with van der Waals surface area (Å²) in [6.45, 7) is 0. The molecule has 152 valence electrons. The quantitative estimate of drug-likeness (QED) is 0.255. The van der Waals surface area contributed by atoms with Crippen molar-refractivity contribution in [1.82, 2.24) is 0 Å². The molecule has 0 fully saturated rings. The van der Waals surface area contributed by atoms with Gasteiger partial charge in [-0.25, -0.2) is 8.42 Å². The van der Waals surface area contributed by atoms with E-state index in [1.165, 1.54) is 42.5 Å². The number of sulfonamides is 1. The molecule has 0 heterocycles. The molecule has 0 saturated heterocycles. The van der Waals surface area contributed by atoms with Crippen LogP contribution in [-0.4, -0.2) is 24.2 Å². The lowest BCUT2D eigenvalue weighted by atomic mass is 10.1. The number of benzene rings is 3. The number of nitrogens with one attached hydrogen (secondary N) is 1. The Hall–Kier alpha value is -3.98. The highest BCUT2D eigenvalue weighted by Crippen LogP contribution is 2.20. The SMILES string of the molecule is O=C(/C=C/c1ccc(O)cc1)c1ccc(NS(=O)(=O)c2ccc([N+](=O)[O-])cc2)cc1. The van der Waals surface area contributed by atoms with E-state index in [-0.39, 0.29) is 27.8 Å². The van der Waals surface area contributed by atoms with Crippen LogP contribution < -0.4 is 4.72 Å². The summed E-state index contributed by atoms with van der Waals surface area (Å²) in [5.74, 6) is -0.141. The van der Waals surface area contributed by atoms with Crippen LogP contribution in [0.15, 0.2) is 83.8 Å². The second-order valence-corrected chi connectivity index (χ2v) is 7.91. The number of carbonyl (C=O) groups is 1. The molecule has 0 amide bonds. The van der Waals surface area contributed by atoms with Crippen LogP contribution >= 0.6 is 0 Å². The standard InChI is InChI=1S/C21H16N2O6S/c24-19-10-1-15(2-11-19)3-14-21(25)16-4-6-17(7-5-16)22-30(28,29)20-12-8-18(9-13-20)23(26)27/h1-14,22,24H/b14-3+. The van der Waals surface area contributed by atoms with Crippen molar-refractivity contribution in [3.05, 3.63) is 100 Å². The first kappa shape index (κ1) is 20.7. The fourth-order valence-corrected chi connectivity index (χ4v) is 3.58. The van der Waals surface area contributed by atoms with Gasteiger partial charge < -0.3 is 5.11 Å². The Balaban J connectivity index is 1.69. The summed E-state index contributed by atoms with van der Waals surface area (Å²) >= 11 is 0. The highest BCUT2D eigenvalue weighted by molar-refractivity contribution is 7.92. The van der Waals surface area contributed by atoms with Gasteiger partial charge in [-0.3, -0.25) is 19.6 Å². The Morgan fingerprint density at radius 1 is 0.933 bits per heavy atom. The van der Waals surface area contributed by atoms with Crippen molar-refractivity contribution < 1.29 is 23.2 Å². The molecule has 3 aromatic rings. The molecule has 0 aliphatic carbocycles. The fraction of sp³-hybridized carbons (Fsp3) is 0. The lowest BCUT2D eigenvalue weighted by Crippen LogP contribution is -2.13. The van der Waals surface area contributed by atoms with Crippen molar-refractivity contribution >= 4 is 33.3 Å². The molecule has 30 heavy (non-hydrogen) atoms. The Labute approximate surface area is 172 Å². The van der Waals surface area contributed by atoms with Gasteiger partial charge in [0.15, 0.2) is 5.78 Å². The Morgan fingerprint density at radius 2 is 1.53 bits per heavy atom. The van der Waals surface area contributed by atoms with E-state index >= 15 is 0 Å². The minimum atomic E-state index is -3.93. The molecule has 8 nitrogen and oxygen atoms in total. The van der Waals surface area contributed by atoms with Gasteiger partial charge >= 0.3 is 0 Å². The second-order valence-electron chi connectivity index (χ2n) is 6.22. The number of phenols is 1. The first-order chi connectivity index (χ1) is 14.2. The van der Waals surface area contributed by atoms with E-state index in [0.717, 1.165) is 29.8 Å². The maximum absolute atomic E-state index is 12.4. The normalized spacial score (nSPS) is 11.3. The van der Waals surface area contributed by atoms with Gasteiger partial charge in [-0.1, -0.05) is 18.2 Å². The number of nitro benzene ring substituents is 1. The van der Waals surface area contributed by atoms with Crippen molar-refractivity contribution in [1.29, 1.82) is 0 Å². The van der Waals surface area contributed by atoms with Gasteiger partial charge in [0.25, 0.3) is 15.7 Å². The molecule has 0 spiro atoms. The third-order valence-electron chi connectivity index (χ3n) is 4.10. The molecule has 2 N–H and O–H groups in total. The predicted octanol–water partition coefficient (Wildman–Crippen LogP) is 4.00. The Kier molecular flexibility index (Phi) is 5.93. The Morgan fingerprint density at radius 3 is 2.10 bits per heavy atom. The minimum Gasteiger partial charge on any atom is -0.508 e. The third-order valence-corrected chi connectivity index (χ3v) is 5.50. The topological polar surface area (TPSA) is 127 Å². The van der Waals surface area contributed by atoms with Crippen LogP contribution in [0.1, 0.15) is 15.9 Å². The van der Waals surface area contributed by atoms with Crippen molar-refractivity contribution in [2.75, 3.05) is 4.72 Å². The van der Waals surface area contributed by atoms with E-state index in [1.54, 1.807) is 18.2 Å². The van der Waals surface area contributed by atoms with E-state index < -0.39 is 14.9 Å². The summed E-state index contributed by atoms with van der Waals surface area (Å²) < 4.78 is 27.2. The number of allylic oxidation sites excluding steroid dienone is 1. The number of nitro groups is 1. The number of phenolic OH excluding ortho intramolecular Hbond substituents is 1. The second kappa shape index (κ2) is 8.58. The van der Waals surface area contributed by atoms with Gasteiger partial charge in [0.2, 0.25) is 0 Å². The van der Waals surface area contributed by atoms with Crippen molar-refractivity contribution in [2.45, 2.75) is 4.90 Å². The molecule has 3 rings (SSSR count). The van der Waals surface area contributed by atoms with Gasteiger partial charge in [0.1, 0.15) is 5.75 Å². The zero-order valence-electron chi connectivity index (χ0n) is 15.4. The summed E-state index contributed by atoms with van der Waals surface area (Å²) in [5.41, 5.74) is 1.14. The first-order valence-corrected chi connectivity index (χ1v) is 10.1. The predicted molar refractivity (Wildman–Crippen MR) is 112 cm³/mol. The van der Waals surface area contributed by atoms with Gasteiger partial charge in [-0.05, 0) is 60.2 Å². The van der Waals surface area contributed by atoms with Crippen LogP contribution in [0.25, 0.3) is 6.08 Å². The fourth-order valence-electron chi connectivity index (χ4n) is 2.52. The highest BCUT2D eigenvalue weighted by atomic mass is 32.2. The van der Waals surface area contributed by atoms with Crippen LogP contribution in [0.5, 0.6) is 5.75 Å². The average Bonchev–Trinajstić information content (AvgIpc) is 2.73. The van der Waals surface area contributed by atoms with Crippen molar-refractivity contribution in [2.24, 2.45) is 0 Å². The number of hydrogen-bond donors (Lipinski definition) is 2. The molecule has 0 aliphatic rings. The number of rotatable bonds is 7. The number of ketones is 1. The van der Waals surface area contributed by atoms with Crippen LogP contribution in [0.4, 0.5) is 11.4 Å². The summed E-state index contributed by atoms with van der Waals surface area (Å²) in [6, 6.07) is 16.7. The zero-order valence-corrected chi connectivity index (χ0v) is 16.2. The van der Waals surface area contributed by atoms with E-state index in [2.05, 4.69) is 4.72 Å². The monoisotopic (exact) mass is 424 g/mol. The smallest absolute Gasteiger partial charge is 0.269 e. The molecule has 0 aromatic heterocycles. The van der Waals surface area contributed by atoms with Gasteiger partial charge in [-0.15, -0.1) is 0 Å². The van der Waals surface area contributed by atoms with Crippen molar-refractivity contribution in [3.63, 3.8) is 0 Å². The molecule has 3 aromatic carbocycles. The summed E-state index contributed by atoms with van der Waals surface area (Å²) in [7, 11) is -3.93. The molecule has 0 radical (unpaired) electrons. The molecule has 0 bridgehead atoms. The van der Waals surface area contributed by atoms with Crippen molar-refractivity contribution in [3.8, 4) is 5.75 Å². The lowest BCUT2D eigenvalue weighted by molar-refractivity contribution is -0.384. The molecular formula is C21H16N2O6S. The Bertz CT molecular complexity index is 1200. The summed E-state index contributed by atoms with van der Waals surface area (Å²) in [4.78, 5) is 22.2. The summed E-state index contributed by atoms with van der Waals surface area (Å²) in [6.07, 6.45) is 2.98. The molecule has 0 atom stereocenters. The molecular weight excluding hydrogens is 408 g/mol. The minimum absolute atomic E-state index is 0.120. The zero-order chi connectivity index (χ0) is 21.7. The van der Waals surface area contributed by atoms with Gasteiger partial charge in [0.05, 0.1) is 9.82 Å². The number of nitrogens with zero attached hydrogens (tertiary/aromatic N) is 1. The van der Waals surface area contributed by atoms with Crippen LogP contribution in [0, 0.1) is 10.1 Å². The maximum Gasteiger partial charge on any atom is 0.269 e. The van der Waals surface area contributed by atoms with E-state index in [1.807, 2.05) is 0 Å². The molecule has 9 heteroatoms. The number of non-ortho nitro benzene ring substituents is 1. The van der Waals surface area contributed by atoms with E-state index in [0.29, 0.717) is 5.56 Å². The van der Waals surface area contributed by atoms with Gasteiger partial charge in [0, 0.05) is 23.4 Å². The number of aromatic hydroxyl groups is 1. The molecule has 0 unspecified atom stereocenters. The first-order valence-electron chi connectivity index (χ1n) is 8.63. The van der Waals surface area contributed by atoms with Crippen LogP contribution in [0.2, 0.25) is 0 Å². The number of carbonyl (C=O) groups excluding carboxylic acids is 1. The van der Waals surface area contributed by atoms with E-state index in [4.69, 9.17) is 0 Å².